The summed E-state index contributed by atoms with van der Waals surface area (Å²) in [6.45, 7) is 4.63. The highest BCUT2D eigenvalue weighted by atomic mass is 32.2. The van der Waals surface area contributed by atoms with Gasteiger partial charge in [-0.2, -0.15) is 21.6 Å². The maximum absolute atomic E-state index is 12.8. The van der Waals surface area contributed by atoms with Crippen LogP contribution in [0, 0.1) is 22.7 Å². The van der Waals surface area contributed by atoms with Crippen LogP contribution in [0.25, 0.3) is 0 Å². The molecule has 30 heavy (non-hydrogen) atoms. The quantitative estimate of drug-likeness (QED) is 0.470. The number of halogens is 3. The lowest BCUT2D eigenvalue weighted by Crippen LogP contribution is -2.46. The van der Waals surface area contributed by atoms with Gasteiger partial charge in [-0.05, 0) is 62.4 Å². The number of rotatable bonds is 2. The Morgan fingerprint density at radius 3 is 2.53 bits per heavy atom. The summed E-state index contributed by atoms with van der Waals surface area (Å²) in [6.07, 6.45) is 8.53. The second kappa shape index (κ2) is 6.61. The van der Waals surface area contributed by atoms with Crippen molar-refractivity contribution in [1.82, 2.24) is 4.90 Å². The molecular formula is C21H26F3NO4S. The van der Waals surface area contributed by atoms with Crippen LogP contribution in [0.2, 0.25) is 0 Å². The van der Waals surface area contributed by atoms with E-state index < -0.39 is 21.0 Å². The largest absolute Gasteiger partial charge is 0.534 e. The van der Waals surface area contributed by atoms with Crippen molar-refractivity contribution < 1.29 is 30.6 Å². The van der Waals surface area contributed by atoms with Gasteiger partial charge in [0.1, 0.15) is 5.76 Å². The first-order valence-electron chi connectivity index (χ1n) is 10.2. The van der Waals surface area contributed by atoms with Crippen LogP contribution in [0.5, 0.6) is 0 Å². The third-order valence-electron chi connectivity index (χ3n) is 7.84. The van der Waals surface area contributed by atoms with E-state index in [1.54, 1.807) is 31.0 Å². The Morgan fingerprint density at radius 2 is 1.87 bits per heavy atom. The normalized spacial score (nSPS) is 36.7. The van der Waals surface area contributed by atoms with Crippen LogP contribution >= 0.6 is 0 Å². The van der Waals surface area contributed by atoms with Gasteiger partial charge in [-0.25, -0.2) is 0 Å². The minimum atomic E-state index is -5.70. The van der Waals surface area contributed by atoms with E-state index >= 15 is 0 Å². The average molecular weight is 446 g/mol. The minimum absolute atomic E-state index is 0.0163. The zero-order chi connectivity index (χ0) is 22.1. The number of carbonyl (C=O) groups excluding carboxylic acids is 1. The Bertz CT molecular complexity index is 981. The number of carbonyl (C=O) groups is 1. The first kappa shape index (κ1) is 21.5. The van der Waals surface area contributed by atoms with Gasteiger partial charge in [-0.15, -0.1) is 0 Å². The summed E-state index contributed by atoms with van der Waals surface area (Å²) in [7, 11) is -3.91. The predicted octanol–water partition coefficient (Wildman–Crippen LogP) is 4.30. The van der Waals surface area contributed by atoms with Gasteiger partial charge in [0.15, 0.2) is 0 Å². The third kappa shape index (κ3) is 3.03. The number of hydrogen-bond acceptors (Lipinski definition) is 4. The Hall–Kier alpha value is -1.77. The van der Waals surface area contributed by atoms with Gasteiger partial charge in [0.25, 0.3) is 0 Å². The van der Waals surface area contributed by atoms with E-state index in [4.69, 9.17) is 0 Å². The van der Waals surface area contributed by atoms with Crippen molar-refractivity contribution in [2.24, 2.45) is 22.7 Å². The van der Waals surface area contributed by atoms with Crippen LogP contribution in [0.4, 0.5) is 13.2 Å². The van der Waals surface area contributed by atoms with Crippen molar-refractivity contribution in [3.8, 4) is 0 Å². The van der Waals surface area contributed by atoms with Gasteiger partial charge in [-0.1, -0.05) is 24.1 Å². The standard InChI is InChI=1S/C21H26F3NO4S/c1-19-10-11-25(3)18(26)12-13(19)4-5-14-15-6-7-17(20(15,2)9-8-16(14)19)29-30(27,28)21(22,23)24/h6-7,12,14,16H,4-5,8-11H2,1-3H3/t14-,16-,19-,20-/m0/s1. The number of allylic oxidation sites excluding steroid dienone is 4. The van der Waals surface area contributed by atoms with Crippen molar-refractivity contribution >= 4 is 16.0 Å². The fourth-order valence-corrected chi connectivity index (χ4v) is 6.50. The zero-order valence-electron chi connectivity index (χ0n) is 17.3. The molecule has 1 heterocycles. The molecule has 2 saturated carbocycles. The maximum atomic E-state index is 12.8. The SMILES string of the molecule is CN1CC[C@@]2(C)C(=CC1=O)CC[C@H]1C3=CC=C(OS(=O)(=O)C(F)(F)F)[C@@]3(C)CC[C@@H]12. The molecule has 4 atom stereocenters. The van der Waals surface area contributed by atoms with Gasteiger partial charge >= 0.3 is 15.6 Å². The molecule has 0 aromatic carbocycles. The van der Waals surface area contributed by atoms with Crippen molar-refractivity contribution in [2.45, 2.75) is 51.5 Å². The number of likely N-dealkylation sites (N-methyl/N-ethyl adjacent to an activating group) is 1. The smallest absolute Gasteiger partial charge is 0.380 e. The maximum Gasteiger partial charge on any atom is 0.534 e. The Morgan fingerprint density at radius 1 is 1.17 bits per heavy atom. The van der Waals surface area contributed by atoms with Crippen LogP contribution < -0.4 is 0 Å². The molecule has 4 aliphatic rings. The van der Waals surface area contributed by atoms with E-state index in [1.165, 1.54) is 6.08 Å². The highest BCUT2D eigenvalue weighted by molar-refractivity contribution is 7.87. The summed E-state index contributed by atoms with van der Waals surface area (Å²) >= 11 is 0. The van der Waals surface area contributed by atoms with Crippen LogP contribution in [-0.4, -0.2) is 38.3 Å². The van der Waals surface area contributed by atoms with Gasteiger partial charge in [0.2, 0.25) is 5.91 Å². The van der Waals surface area contributed by atoms with E-state index in [1.807, 2.05) is 0 Å². The minimum Gasteiger partial charge on any atom is -0.380 e. The number of nitrogens with zero attached hydrogens (tertiary/aromatic N) is 1. The lowest BCUT2D eigenvalue weighted by Gasteiger charge is -2.54. The lowest BCUT2D eigenvalue weighted by molar-refractivity contribution is -0.124. The van der Waals surface area contributed by atoms with Gasteiger partial charge in [-0.3, -0.25) is 4.79 Å². The molecule has 0 spiro atoms. The van der Waals surface area contributed by atoms with Crippen LogP contribution in [0.3, 0.4) is 0 Å². The summed E-state index contributed by atoms with van der Waals surface area (Å²) < 4.78 is 66.3. The fourth-order valence-electron chi connectivity index (χ4n) is 5.93. The van der Waals surface area contributed by atoms with Crippen molar-refractivity contribution in [3.05, 3.63) is 35.1 Å². The van der Waals surface area contributed by atoms with Crippen LogP contribution in [0.15, 0.2) is 35.1 Å². The molecular weight excluding hydrogens is 419 g/mol. The molecule has 1 amide bonds. The molecule has 0 bridgehead atoms. The van der Waals surface area contributed by atoms with E-state index in [2.05, 4.69) is 11.1 Å². The first-order chi connectivity index (χ1) is 13.8. The summed E-state index contributed by atoms with van der Waals surface area (Å²) in [5, 5.41) is 0. The Balaban J connectivity index is 1.62. The number of alkyl halides is 3. The third-order valence-corrected chi connectivity index (χ3v) is 8.80. The molecule has 3 aliphatic carbocycles. The molecule has 166 valence electrons. The van der Waals surface area contributed by atoms with Crippen molar-refractivity contribution in [2.75, 3.05) is 13.6 Å². The first-order valence-corrected chi connectivity index (χ1v) is 11.6. The summed E-state index contributed by atoms with van der Waals surface area (Å²) in [5.41, 5.74) is -4.36. The molecule has 9 heteroatoms. The van der Waals surface area contributed by atoms with Crippen molar-refractivity contribution in [3.63, 3.8) is 0 Å². The van der Waals surface area contributed by atoms with Crippen molar-refractivity contribution in [1.29, 1.82) is 0 Å². The van der Waals surface area contributed by atoms with Crippen LogP contribution in [0.1, 0.15) is 46.0 Å². The molecule has 5 nitrogen and oxygen atoms in total. The molecule has 0 N–H and O–H groups in total. The van der Waals surface area contributed by atoms with E-state index in [9.17, 15) is 26.4 Å². The second-order valence-electron chi connectivity index (χ2n) is 9.36. The molecule has 0 aromatic rings. The van der Waals surface area contributed by atoms with E-state index in [0.29, 0.717) is 13.0 Å². The monoisotopic (exact) mass is 445 g/mol. The number of fused-ring (bicyclic) bond motifs is 5. The summed E-state index contributed by atoms with van der Waals surface area (Å²) in [6, 6.07) is 0. The Kier molecular flexibility index (Phi) is 4.73. The molecule has 4 rings (SSSR count). The average Bonchev–Trinajstić information content (AvgIpc) is 2.91. The lowest BCUT2D eigenvalue weighted by atomic mass is 9.50. The Labute approximate surface area is 174 Å². The molecule has 0 saturated heterocycles. The highest BCUT2D eigenvalue weighted by Gasteiger charge is 2.57. The summed E-state index contributed by atoms with van der Waals surface area (Å²) in [4.78, 5) is 14.1. The van der Waals surface area contributed by atoms with E-state index in [0.717, 1.165) is 36.8 Å². The second-order valence-corrected chi connectivity index (χ2v) is 10.9. The fraction of sp³-hybridized carbons (Fsp3) is 0.667. The predicted molar refractivity (Wildman–Crippen MR) is 104 cm³/mol. The molecule has 0 unspecified atom stereocenters. The highest BCUT2D eigenvalue weighted by Crippen LogP contribution is 2.63. The molecule has 2 fully saturated rings. The van der Waals surface area contributed by atoms with Gasteiger partial charge in [0, 0.05) is 25.1 Å². The molecule has 1 aliphatic heterocycles. The number of hydrogen-bond donors (Lipinski definition) is 0. The van der Waals surface area contributed by atoms with Crippen LogP contribution in [-0.2, 0) is 19.1 Å². The van der Waals surface area contributed by atoms with Gasteiger partial charge < -0.3 is 9.08 Å². The van der Waals surface area contributed by atoms with E-state index in [-0.39, 0.29) is 28.9 Å². The topological polar surface area (TPSA) is 63.7 Å². The molecule has 0 radical (unpaired) electrons. The van der Waals surface area contributed by atoms with Gasteiger partial charge in [0.05, 0.1) is 0 Å². The molecule has 0 aromatic heterocycles. The zero-order valence-corrected chi connectivity index (χ0v) is 18.1. The number of amides is 1. The summed E-state index contributed by atoms with van der Waals surface area (Å²) in [5.74, 6) is 0.247.